The Hall–Kier alpha value is -2.62. The van der Waals surface area contributed by atoms with Crippen molar-refractivity contribution < 1.29 is 22.0 Å². The number of likely N-dealkylation sites (tertiary alicyclic amines) is 1. The molecule has 0 radical (unpaired) electrons. The minimum absolute atomic E-state index is 0.00677. The Morgan fingerprint density at radius 3 is 2.34 bits per heavy atom. The summed E-state index contributed by atoms with van der Waals surface area (Å²) >= 11 is 0. The average Bonchev–Trinajstić information content (AvgIpc) is 3.01. The Bertz CT molecular complexity index is 1240. The molecule has 3 aliphatic rings. The van der Waals surface area contributed by atoms with Gasteiger partial charge in [-0.15, -0.1) is 0 Å². The number of carbonyl (C=O) groups is 1. The van der Waals surface area contributed by atoms with Crippen LogP contribution in [0.3, 0.4) is 0 Å². The molecular formula is C26H29F2N3O3S. The quantitative estimate of drug-likeness (QED) is 0.646. The molecule has 0 bridgehead atoms. The fraction of sp³-hybridized carbons (Fsp3) is 0.423. The van der Waals surface area contributed by atoms with Crippen molar-refractivity contribution in [1.29, 1.82) is 0 Å². The second-order valence-corrected chi connectivity index (χ2v) is 11.4. The number of hydrogen-bond donors (Lipinski definition) is 0. The van der Waals surface area contributed by atoms with E-state index in [-0.39, 0.29) is 31.0 Å². The number of sulfonamides is 1. The Balaban J connectivity index is 1.18. The number of nitrogens with zero attached hydrogens (tertiary/aromatic N) is 3. The number of hydrogen-bond acceptors (Lipinski definition) is 4. The zero-order valence-electron chi connectivity index (χ0n) is 19.5. The van der Waals surface area contributed by atoms with E-state index in [1.165, 1.54) is 11.1 Å². The normalized spacial score (nSPS) is 20.7. The maximum Gasteiger partial charge on any atom is 0.248 e. The lowest BCUT2D eigenvalue weighted by atomic mass is 9.74. The number of amides is 1. The van der Waals surface area contributed by atoms with Gasteiger partial charge >= 0.3 is 0 Å². The molecule has 1 amide bonds. The first-order valence-corrected chi connectivity index (χ1v) is 13.5. The molecule has 2 fully saturated rings. The van der Waals surface area contributed by atoms with Crippen molar-refractivity contribution >= 4 is 22.0 Å². The molecule has 0 N–H and O–H groups in total. The first kappa shape index (κ1) is 24.1. The van der Waals surface area contributed by atoms with Crippen molar-refractivity contribution in [2.75, 3.05) is 45.8 Å². The van der Waals surface area contributed by atoms with E-state index in [2.05, 4.69) is 30.4 Å². The monoisotopic (exact) mass is 501 g/mol. The number of carbonyl (C=O) groups excluding carboxylic acids is 1. The highest BCUT2D eigenvalue weighted by atomic mass is 32.2. The Kier molecular flexibility index (Phi) is 6.50. The third kappa shape index (κ3) is 4.52. The van der Waals surface area contributed by atoms with Crippen LogP contribution in [0.4, 0.5) is 8.78 Å². The van der Waals surface area contributed by atoms with E-state index in [4.69, 9.17) is 0 Å². The number of rotatable bonds is 4. The van der Waals surface area contributed by atoms with Crippen LogP contribution in [0.5, 0.6) is 0 Å². The van der Waals surface area contributed by atoms with Crippen LogP contribution in [0.15, 0.2) is 53.4 Å². The minimum Gasteiger partial charge on any atom is -0.342 e. The van der Waals surface area contributed by atoms with E-state index in [1.54, 1.807) is 0 Å². The lowest BCUT2D eigenvalue weighted by molar-refractivity contribution is -0.133. The predicted molar refractivity (Wildman–Crippen MR) is 129 cm³/mol. The molecule has 1 spiro atoms. The molecule has 2 aromatic carbocycles. The summed E-state index contributed by atoms with van der Waals surface area (Å²) in [5.74, 6) is -2.15. The van der Waals surface area contributed by atoms with E-state index in [0.29, 0.717) is 32.6 Å². The van der Waals surface area contributed by atoms with Gasteiger partial charge in [0.2, 0.25) is 15.9 Å². The molecule has 2 saturated heterocycles. The molecule has 6 nitrogen and oxygen atoms in total. The molecule has 1 aliphatic carbocycles. The zero-order chi connectivity index (χ0) is 24.6. The van der Waals surface area contributed by atoms with Gasteiger partial charge in [-0.1, -0.05) is 42.5 Å². The maximum atomic E-state index is 14.1. The summed E-state index contributed by atoms with van der Waals surface area (Å²) in [5, 5.41) is 0. The molecule has 0 atom stereocenters. The van der Waals surface area contributed by atoms with Crippen molar-refractivity contribution in [3.8, 4) is 0 Å². The van der Waals surface area contributed by atoms with Crippen LogP contribution >= 0.6 is 0 Å². The van der Waals surface area contributed by atoms with Crippen LogP contribution in [-0.4, -0.2) is 74.2 Å². The van der Waals surface area contributed by atoms with Crippen LogP contribution in [0.25, 0.3) is 6.08 Å². The molecule has 0 unspecified atom stereocenters. The molecule has 2 aromatic rings. The summed E-state index contributed by atoms with van der Waals surface area (Å²) in [4.78, 5) is 16.0. The van der Waals surface area contributed by atoms with Crippen LogP contribution in [0.2, 0.25) is 0 Å². The molecule has 2 aliphatic heterocycles. The van der Waals surface area contributed by atoms with Gasteiger partial charge in [-0.2, -0.15) is 4.31 Å². The Labute approximate surface area is 204 Å². The van der Waals surface area contributed by atoms with Crippen molar-refractivity contribution in [2.24, 2.45) is 0 Å². The smallest absolute Gasteiger partial charge is 0.248 e. The molecule has 186 valence electrons. The predicted octanol–water partition coefficient (Wildman–Crippen LogP) is 3.25. The summed E-state index contributed by atoms with van der Waals surface area (Å²) < 4.78 is 55.2. The molecule has 35 heavy (non-hydrogen) atoms. The summed E-state index contributed by atoms with van der Waals surface area (Å²) in [6.07, 6.45) is 6.70. The highest BCUT2D eigenvalue weighted by molar-refractivity contribution is 7.89. The Morgan fingerprint density at radius 2 is 1.60 bits per heavy atom. The van der Waals surface area contributed by atoms with Crippen LogP contribution < -0.4 is 0 Å². The minimum atomic E-state index is -4.30. The van der Waals surface area contributed by atoms with E-state index in [0.717, 1.165) is 35.3 Å². The third-order valence-electron chi connectivity index (χ3n) is 7.51. The standard InChI is InChI=1S/C26H29F2N3O3S/c27-22-7-3-8-23(28)25(22)35(33,34)31-14-4-13-29(17-18-31)19-24(32)30-15-11-26(12-16-30)10-9-20-5-1-2-6-21(20)26/h1-3,5-10H,4,11-19H2. The number of allylic oxidation sites excluding steroid dienone is 1. The van der Waals surface area contributed by atoms with Gasteiger partial charge in [-0.3, -0.25) is 9.69 Å². The van der Waals surface area contributed by atoms with E-state index >= 15 is 0 Å². The van der Waals surface area contributed by atoms with Gasteiger partial charge in [-0.25, -0.2) is 17.2 Å². The number of halogens is 2. The average molecular weight is 502 g/mol. The maximum absolute atomic E-state index is 14.1. The largest absolute Gasteiger partial charge is 0.342 e. The highest BCUT2D eigenvalue weighted by Crippen LogP contribution is 2.43. The third-order valence-corrected chi connectivity index (χ3v) is 9.46. The van der Waals surface area contributed by atoms with Gasteiger partial charge in [0.25, 0.3) is 0 Å². The first-order valence-electron chi connectivity index (χ1n) is 12.0. The van der Waals surface area contributed by atoms with Crippen molar-refractivity contribution in [2.45, 2.75) is 29.6 Å². The fourth-order valence-electron chi connectivity index (χ4n) is 5.52. The van der Waals surface area contributed by atoms with Gasteiger partial charge in [0, 0.05) is 38.1 Å². The number of benzene rings is 2. The first-order chi connectivity index (χ1) is 16.8. The number of piperidine rings is 1. The molecule has 5 rings (SSSR count). The van der Waals surface area contributed by atoms with Crippen molar-refractivity contribution in [1.82, 2.24) is 14.1 Å². The van der Waals surface area contributed by atoms with Crippen molar-refractivity contribution in [3.05, 3.63) is 71.3 Å². The van der Waals surface area contributed by atoms with Gasteiger partial charge in [0.15, 0.2) is 4.90 Å². The summed E-state index contributed by atoms with van der Waals surface area (Å²) in [7, 11) is -4.30. The van der Waals surface area contributed by atoms with E-state index < -0.39 is 26.6 Å². The topological polar surface area (TPSA) is 60.9 Å². The molecular weight excluding hydrogens is 472 g/mol. The van der Waals surface area contributed by atoms with Gasteiger partial charge in [0.1, 0.15) is 11.6 Å². The summed E-state index contributed by atoms with van der Waals surface area (Å²) in [6, 6.07) is 11.4. The van der Waals surface area contributed by atoms with Crippen LogP contribution in [0.1, 0.15) is 30.4 Å². The highest BCUT2D eigenvalue weighted by Gasteiger charge is 2.39. The van der Waals surface area contributed by atoms with Crippen molar-refractivity contribution in [3.63, 3.8) is 0 Å². The SMILES string of the molecule is O=C(CN1CCCN(S(=O)(=O)c2c(F)cccc2F)CC1)N1CCC2(C=Cc3ccccc32)CC1. The van der Waals surface area contributed by atoms with Gasteiger partial charge in [-0.05, 0) is 49.1 Å². The summed E-state index contributed by atoms with van der Waals surface area (Å²) in [5.41, 5.74) is 2.60. The number of fused-ring (bicyclic) bond motifs is 2. The molecule has 2 heterocycles. The second kappa shape index (κ2) is 9.44. The Morgan fingerprint density at radius 1 is 0.886 bits per heavy atom. The lowest BCUT2D eigenvalue weighted by Crippen LogP contribution is -2.48. The fourth-order valence-corrected chi connectivity index (χ4v) is 7.10. The second-order valence-electron chi connectivity index (χ2n) is 9.54. The molecule has 0 aromatic heterocycles. The summed E-state index contributed by atoms with van der Waals surface area (Å²) in [6.45, 7) is 2.67. The van der Waals surface area contributed by atoms with E-state index in [9.17, 15) is 22.0 Å². The lowest BCUT2D eigenvalue weighted by Gasteiger charge is -2.40. The molecule has 0 saturated carbocycles. The van der Waals surface area contributed by atoms with Gasteiger partial charge < -0.3 is 4.90 Å². The van der Waals surface area contributed by atoms with Crippen LogP contribution in [0, 0.1) is 11.6 Å². The molecule has 9 heteroatoms. The van der Waals surface area contributed by atoms with Gasteiger partial charge in [0.05, 0.1) is 6.54 Å². The van der Waals surface area contributed by atoms with Crippen LogP contribution in [-0.2, 0) is 20.2 Å². The van der Waals surface area contributed by atoms with E-state index in [1.807, 2.05) is 15.9 Å². The zero-order valence-corrected chi connectivity index (χ0v) is 20.3.